The van der Waals surface area contributed by atoms with Crippen molar-refractivity contribution in [3.05, 3.63) is 0 Å². The van der Waals surface area contributed by atoms with Crippen molar-refractivity contribution in [2.75, 3.05) is 29.3 Å². The first-order valence-corrected chi connectivity index (χ1v) is 10.9. The van der Waals surface area contributed by atoms with Crippen LogP contribution in [0, 0.1) is 0 Å². The fourth-order valence-electron chi connectivity index (χ4n) is 1.46. The van der Waals surface area contributed by atoms with Crippen LogP contribution in [-0.4, -0.2) is 65.9 Å². The Balaban J connectivity index is 2.67. The Morgan fingerprint density at radius 1 is 1.17 bits per heavy atom. The molecule has 1 heterocycles. The smallest absolute Gasteiger partial charge is 0.212 e. The maximum atomic E-state index is 11.6. The second kappa shape index (κ2) is 5.23. The minimum absolute atomic E-state index is 0.284. The minimum atomic E-state index is -3.86. The number of rotatable bonds is 5. The van der Waals surface area contributed by atoms with Gasteiger partial charge in [-0.25, -0.2) is 30.0 Å². The highest BCUT2D eigenvalue weighted by Crippen LogP contribution is 2.18. The lowest BCUT2D eigenvalue weighted by Crippen LogP contribution is -2.42. The van der Waals surface area contributed by atoms with E-state index in [4.69, 9.17) is 11.6 Å². The first-order chi connectivity index (χ1) is 7.90. The van der Waals surface area contributed by atoms with E-state index in [1.807, 2.05) is 0 Å². The largest absolute Gasteiger partial charge is 0.229 e. The van der Waals surface area contributed by atoms with E-state index in [-0.39, 0.29) is 11.5 Å². The van der Waals surface area contributed by atoms with Crippen LogP contribution in [0.15, 0.2) is 0 Å². The first-order valence-electron chi connectivity index (χ1n) is 4.92. The third-order valence-corrected chi connectivity index (χ3v) is 7.32. The van der Waals surface area contributed by atoms with Crippen molar-refractivity contribution in [3.8, 4) is 0 Å². The van der Waals surface area contributed by atoms with E-state index < -0.39 is 52.6 Å². The van der Waals surface area contributed by atoms with Crippen LogP contribution < -0.4 is 4.72 Å². The Labute approximate surface area is 112 Å². The topological polar surface area (TPSA) is 114 Å². The van der Waals surface area contributed by atoms with E-state index in [2.05, 4.69) is 4.72 Å². The van der Waals surface area contributed by atoms with E-state index in [0.717, 1.165) is 6.26 Å². The third-order valence-electron chi connectivity index (χ3n) is 2.34. The molecule has 0 aromatic heterocycles. The molecule has 1 fully saturated rings. The normalized spacial score (nSPS) is 28.3. The van der Waals surface area contributed by atoms with Gasteiger partial charge in [-0.15, -0.1) is 11.6 Å². The van der Waals surface area contributed by atoms with E-state index in [0.29, 0.717) is 0 Å². The van der Waals surface area contributed by atoms with Crippen LogP contribution in [0.4, 0.5) is 0 Å². The molecule has 0 bridgehead atoms. The highest BCUT2D eigenvalue weighted by Gasteiger charge is 2.38. The first kappa shape index (κ1) is 16.2. The van der Waals surface area contributed by atoms with Crippen molar-refractivity contribution in [2.45, 2.75) is 11.4 Å². The second-order valence-corrected chi connectivity index (χ2v) is 11.1. The van der Waals surface area contributed by atoms with Crippen molar-refractivity contribution in [3.63, 3.8) is 0 Å². The lowest BCUT2D eigenvalue weighted by Gasteiger charge is -2.14. The molecule has 1 N–H and O–H groups in total. The van der Waals surface area contributed by atoms with Gasteiger partial charge in [0.15, 0.2) is 9.84 Å². The van der Waals surface area contributed by atoms with Gasteiger partial charge in [-0.3, -0.25) is 0 Å². The maximum absolute atomic E-state index is 11.6. The quantitative estimate of drug-likeness (QED) is 0.600. The van der Waals surface area contributed by atoms with E-state index in [1.165, 1.54) is 0 Å². The zero-order chi connectivity index (χ0) is 14.2. The van der Waals surface area contributed by atoms with Gasteiger partial charge in [0, 0.05) is 6.26 Å². The van der Waals surface area contributed by atoms with E-state index in [1.54, 1.807) is 0 Å². The Kier molecular flexibility index (Phi) is 4.70. The van der Waals surface area contributed by atoms with Crippen molar-refractivity contribution >= 4 is 41.3 Å². The molecule has 0 spiro atoms. The van der Waals surface area contributed by atoms with Crippen molar-refractivity contribution in [1.82, 2.24) is 4.72 Å². The lowest BCUT2D eigenvalue weighted by atomic mass is 10.3. The van der Waals surface area contributed by atoms with Gasteiger partial charge in [0.1, 0.15) is 9.84 Å². The Morgan fingerprint density at radius 3 is 2.11 bits per heavy atom. The van der Waals surface area contributed by atoms with Gasteiger partial charge < -0.3 is 0 Å². The molecular weight excluding hydrogens is 326 g/mol. The van der Waals surface area contributed by atoms with Gasteiger partial charge in [-0.1, -0.05) is 0 Å². The van der Waals surface area contributed by atoms with Gasteiger partial charge in [-0.2, -0.15) is 0 Å². The summed E-state index contributed by atoms with van der Waals surface area (Å²) in [7, 11) is -10.6. The molecule has 11 heteroatoms. The Bertz CT molecular complexity index is 608. The highest BCUT2D eigenvalue weighted by atomic mass is 35.5. The fraction of sp³-hybridized carbons (Fsp3) is 1.00. The molecule has 1 rings (SSSR count). The predicted molar refractivity (Wildman–Crippen MR) is 68.7 cm³/mol. The number of nitrogens with one attached hydrogen (secondary N) is 1. The van der Waals surface area contributed by atoms with Crippen molar-refractivity contribution in [1.29, 1.82) is 0 Å². The third kappa shape index (κ3) is 5.39. The molecular formula is C7H14ClNO6S3. The van der Waals surface area contributed by atoms with Crippen LogP contribution in [0.3, 0.4) is 0 Å². The predicted octanol–water partition coefficient (Wildman–Crippen LogP) is -1.65. The molecule has 0 amide bonds. The molecule has 108 valence electrons. The summed E-state index contributed by atoms with van der Waals surface area (Å²) < 4.78 is 69.5. The van der Waals surface area contributed by atoms with E-state index >= 15 is 0 Å². The number of hydrogen-bond acceptors (Lipinski definition) is 6. The lowest BCUT2D eigenvalue weighted by molar-refractivity contribution is 0.562. The molecule has 0 aromatic rings. The summed E-state index contributed by atoms with van der Waals surface area (Å²) in [6.45, 7) is 0. The number of alkyl halides is 1. The van der Waals surface area contributed by atoms with Gasteiger partial charge >= 0.3 is 0 Å². The van der Waals surface area contributed by atoms with Gasteiger partial charge in [0.2, 0.25) is 10.0 Å². The average molecular weight is 340 g/mol. The van der Waals surface area contributed by atoms with Gasteiger partial charge in [-0.05, 0) is 0 Å². The van der Waals surface area contributed by atoms with Crippen LogP contribution >= 0.6 is 11.6 Å². The highest BCUT2D eigenvalue weighted by molar-refractivity contribution is 7.94. The molecule has 18 heavy (non-hydrogen) atoms. The Morgan fingerprint density at radius 2 is 1.72 bits per heavy atom. The summed E-state index contributed by atoms with van der Waals surface area (Å²) in [4.78, 5) is 0. The van der Waals surface area contributed by atoms with Gasteiger partial charge in [0.25, 0.3) is 0 Å². The van der Waals surface area contributed by atoms with Gasteiger partial charge in [0.05, 0.1) is 34.4 Å². The summed E-state index contributed by atoms with van der Waals surface area (Å²) in [5, 5.41) is -0.831. The molecule has 0 aromatic carbocycles. The molecule has 7 nitrogen and oxygen atoms in total. The number of sulfone groups is 2. The molecule has 1 aliphatic heterocycles. The molecule has 2 atom stereocenters. The van der Waals surface area contributed by atoms with Crippen LogP contribution in [0.2, 0.25) is 0 Å². The molecule has 1 saturated heterocycles. The van der Waals surface area contributed by atoms with E-state index in [9.17, 15) is 25.3 Å². The summed E-state index contributed by atoms with van der Waals surface area (Å²) in [6.07, 6.45) is 0.924. The zero-order valence-corrected chi connectivity index (χ0v) is 12.7. The fourth-order valence-corrected chi connectivity index (χ4v) is 7.11. The van der Waals surface area contributed by atoms with Crippen molar-refractivity contribution < 1.29 is 25.3 Å². The monoisotopic (exact) mass is 339 g/mol. The Hall–Kier alpha value is 0.1000. The molecule has 0 radical (unpaired) electrons. The number of hydrogen-bond donors (Lipinski definition) is 1. The zero-order valence-electron chi connectivity index (χ0n) is 9.54. The number of sulfonamides is 1. The summed E-state index contributed by atoms with van der Waals surface area (Å²) in [6, 6.07) is -0.902. The van der Waals surface area contributed by atoms with Crippen LogP contribution in [-0.2, 0) is 29.7 Å². The molecule has 0 saturated carbocycles. The molecule has 1 aliphatic rings. The van der Waals surface area contributed by atoms with Crippen LogP contribution in [0.1, 0.15) is 0 Å². The van der Waals surface area contributed by atoms with Crippen LogP contribution in [0.5, 0.6) is 0 Å². The number of halogens is 1. The standard InChI is InChI=1S/C7H14ClNO6S3/c1-16(10,11)2-3-18(14,15)9-7-5-17(12,13)4-6(7)8/h6-7,9H,2-5H2,1H3. The summed E-state index contributed by atoms with van der Waals surface area (Å²) in [5.41, 5.74) is 0. The van der Waals surface area contributed by atoms with Crippen LogP contribution in [0.25, 0.3) is 0 Å². The summed E-state index contributed by atoms with van der Waals surface area (Å²) >= 11 is 5.73. The molecule has 2 unspecified atom stereocenters. The molecule has 0 aliphatic carbocycles. The van der Waals surface area contributed by atoms with Crippen molar-refractivity contribution in [2.24, 2.45) is 0 Å². The maximum Gasteiger partial charge on any atom is 0.212 e. The SMILES string of the molecule is CS(=O)(=O)CCS(=O)(=O)NC1CS(=O)(=O)CC1Cl. The summed E-state index contributed by atoms with van der Waals surface area (Å²) in [5.74, 6) is -1.77. The average Bonchev–Trinajstić information content (AvgIpc) is 2.35. The minimum Gasteiger partial charge on any atom is -0.229 e. The second-order valence-electron chi connectivity index (χ2n) is 4.27.